The van der Waals surface area contributed by atoms with E-state index < -0.39 is 9.84 Å². The number of rotatable bonds is 9. The zero-order valence-electron chi connectivity index (χ0n) is 17.5. The number of aliphatic imine (C=N–C) groups is 1. The molecule has 1 aromatic carbocycles. The summed E-state index contributed by atoms with van der Waals surface area (Å²) in [5.74, 6) is 2.26. The molecule has 1 aromatic rings. The fourth-order valence-electron chi connectivity index (χ4n) is 3.47. The summed E-state index contributed by atoms with van der Waals surface area (Å²) >= 11 is 0. The highest BCUT2D eigenvalue weighted by Gasteiger charge is 2.25. The normalized spacial score (nSPS) is 18.0. The molecular weight excluding hydrogens is 376 g/mol. The lowest BCUT2D eigenvalue weighted by Gasteiger charge is -2.24. The second-order valence-electron chi connectivity index (χ2n) is 7.15. The Balaban J connectivity index is 1.74. The summed E-state index contributed by atoms with van der Waals surface area (Å²) in [4.78, 5) is 9.49. The molecule has 0 aliphatic carbocycles. The van der Waals surface area contributed by atoms with Crippen LogP contribution in [0.1, 0.15) is 20.3 Å². The lowest BCUT2D eigenvalue weighted by molar-refractivity contribution is 0.255. The van der Waals surface area contributed by atoms with Crippen molar-refractivity contribution in [3.8, 4) is 5.75 Å². The van der Waals surface area contributed by atoms with Crippen molar-refractivity contribution < 1.29 is 13.2 Å². The fourth-order valence-corrected chi connectivity index (χ4v) is 4.10. The zero-order chi connectivity index (χ0) is 20.6. The number of benzene rings is 1. The second kappa shape index (κ2) is 10.7. The molecule has 2 rings (SSSR count). The monoisotopic (exact) mass is 410 g/mol. The van der Waals surface area contributed by atoms with Gasteiger partial charge in [0.15, 0.2) is 15.8 Å². The molecule has 1 fully saturated rings. The minimum atomic E-state index is -3.18. The first-order valence-electron chi connectivity index (χ1n) is 9.98. The molecule has 8 heteroatoms. The molecule has 1 aliphatic rings. The largest absolute Gasteiger partial charge is 0.492 e. The third-order valence-corrected chi connectivity index (χ3v) is 6.24. The first kappa shape index (κ1) is 22.5. The van der Waals surface area contributed by atoms with Crippen LogP contribution < -0.4 is 10.1 Å². The van der Waals surface area contributed by atoms with Gasteiger partial charge in [-0.15, -0.1) is 0 Å². The van der Waals surface area contributed by atoms with Gasteiger partial charge in [-0.2, -0.15) is 0 Å². The molecule has 0 radical (unpaired) electrons. The topological polar surface area (TPSA) is 74.2 Å². The van der Waals surface area contributed by atoms with Gasteiger partial charge in [-0.05, 0) is 49.7 Å². The Bertz CT molecular complexity index is 730. The van der Waals surface area contributed by atoms with Gasteiger partial charge in [0.05, 0.1) is 11.4 Å². The van der Waals surface area contributed by atoms with E-state index >= 15 is 0 Å². The summed E-state index contributed by atoms with van der Waals surface area (Å²) in [6, 6.07) is 6.50. The van der Waals surface area contributed by atoms with E-state index in [0.717, 1.165) is 38.7 Å². The van der Waals surface area contributed by atoms with Crippen molar-refractivity contribution in [2.75, 3.05) is 59.2 Å². The van der Waals surface area contributed by atoms with Crippen LogP contribution in [0.3, 0.4) is 0 Å². The van der Waals surface area contributed by atoms with Gasteiger partial charge in [-0.25, -0.2) is 8.42 Å². The summed E-state index contributed by atoms with van der Waals surface area (Å²) in [5, 5.41) is 3.36. The van der Waals surface area contributed by atoms with E-state index in [1.807, 2.05) is 7.05 Å². The Morgan fingerprint density at radius 3 is 2.54 bits per heavy atom. The molecule has 158 valence electrons. The van der Waals surface area contributed by atoms with Crippen molar-refractivity contribution >= 4 is 15.8 Å². The van der Waals surface area contributed by atoms with Crippen LogP contribution in [-0.4, -0.2) is 83.4 Å². The third-order valence-electron chi connectivity index (χ3n) is 5.11. The van der Waals surface area contributed by atoms with Crippen molar-refractivity contribution in [3.63, 3.8) is 0 Å². The molecule has 1 N–H and O–H groups in total. The van der Waals surface area contributed by atoms with E-state index in [1.54, 1.807) is 24.3 Å². The minimum Gasteiger partial charge on any atom is -0.492 e. The van der Waals surface area contributed by atoms with E-state index in [1.165, 1.54) is 12.7 Å². The molecule has 1 unspecified atom stereocenters. The predicted octanol–water partition coefficient (Wildman–Crippen LogP) is 1.71. The fraction of sp³-hybridized carbons (Fsp3) is 0.650. The Morgan fingerprint density at radius 2 is 1.96 bits per heavy atom. The molecule has 0 saturated carbocycles. The van der Waals surface area contributed by atoms with E-state index in [0.29, 0.717) is 29.7 Å². The van der Waals surface area contributed by atoms with Crippen LogP contribution in [0, 0.1) is 5.92 Å². The van der Waals surface area contributed by atoms with Crippen LogP contribution in [-0.2, 0) is 9.84 Å². The quantitative estimate of drug-likeness (QED) is 0.380. The maximum Gasteiger partial charge on any atom is 0.193 e. The number of ether oxygens (including phenoxy) is 1. The summed E-state index contributed by atoms with van der Waals surface area (Å²) in [7, 11) is -1.37. The van der Waals surface area contributed by atoms with Gasteiger partial charge >= 0.3 is 0 Å². The molecule has 1 aliphatic heterocycles. The SMILES string of the molecule is CCN(CC)CC1CCN(C(=NC)NCCOc2ccc(S(C)(=O)=O)cc2)C1. The van der Waals surface area contributed by atoms with Crippen molar-refractivity contribution in [1.82, 2.24) is 15.1 Å². The van der Waals surface area contributed by atoms with Gasteiger partial charge in [-0.1, -0.05) is 13.8 Å². The van der Waals surface area contributed by atoms with Gasteiger partial charge in [0.25, 0.3) is 0 Å². The van der Waals surface area contributed by atoms with Gasteiger partial charge in [0, 0.05) is 32.9 Å². The smallest absolute Gasteiger partial charge is 0.193 e. The molecule has 0 bridgehead atoms. The highest BCUT2D eigenvalue weighted by Crippen LogP contribution is 2.18. The minimum absolute atomic E-state index is 0.298. The van der Waals surface area contributed by atoms with Gasteiger partial charge in [-0.3, -0.25) is 4.99 Å². The number of likely N-dealkylation sites (tertiary alicyclic amines) is 1. The number of hydrogen-bond acceptors (Lipinski definition) is 5. The number of nitrogens with zero attached hydrogens (tertiary/aromatic N) is 3. The van der Waals surface area contributed by atoms with E-state index in [9.17, 15) is 8.42 Å². The number of nitrogens with one attached hydrogen (secondary N) is 1. The average Bonchev–Trinajstić information content (AvgIpc) is 3.14. The van der Waals surface area contributed by atoms with Crippen molar-refractivity contribution in [2.45, 2.75) is 25.2 Å². The lowest BCUT2D eigenvalue weighted by atomic mass is 10.1. The number of sulfone groups is 1. The molecular formula is C20H34N4O3S. The third kappa shape index (κ3) is 6.67. The lowest BCUT2D eigenvalue weighted by Crippen LogP contribution is -2.42. The second-order valence-corrected chi connectivity index (χ2v) is 9.17. The standard InChI is InChI=1S/C20H34N4O3S/c1-5-23(6-2)15-17-11-13-24(16-17)20(21-3)22-12-14-27-18-7-9-19(10-8-18)28(4,25)26/h7-10,17H,5-6,11-16H2,1-4H3,(H,21,22). The molecule has 1 heterocycles. The summed E-state index contributed by atoms with van der Waals surface area (Å²) in [5.41, 5.74) is 0. The first-order valence-corrected chi connectivity index (χ1v) is 11.9. The van der Waals surface area contributed by atoms with Crippen LogP contribution in [0.2, 0.25) is 0 Å². The Morgan fingerprint density at radius 1 is 1.29 bits per heavy atom. The Labute approximate surface area is 169 Å². The Hall–Kier alpha value is -1.80. The molecule has 1 saturated heterocycles. The molecule has 0 amide bonds. The van der Waals surface area contributed by atoms with Gasteiger partial charge in [0.2, 0.25) is 0 Å². The average molecular weight is 411 g/mol. The van der Waals surface area contributed by atoms with Crippen LogP contribution >= 0.6 is 0 Å². The summed E-state index contributed by atoms with van der Waals surface area (Å²) in [6.45, 7) is 10.9. The highest BCUT2D eigenvalue weighted by molar-refractivity contribution is 7.90. The Kier molecular flexibility index (Phi) is 8.57. The van der Waals surface area contributed by atoms with E-state index in [-0.39, 0.29) is 0 Å². The van der Waals surface area contributed by atoms with Crippen LogP contribution in [0.5, 0.6) is 5.75 Å². The van der Waals surface area contributed by atoms with Crippen LogP contribution in [0.25, 0.3) is 0 Å². The summed E-state index contributed by atoms with van der Waals surface area (Å²) in [6.07, 6.45) is 2.39. The molecule has 0 aromatic heterocycles. The van der Waals surface area contributed by atoms with Gasteiger partial charge < -0.3 is 19.9 Å². The first-order chi connectivity index (χ1) is 13.4. The number of hydrogen-bond donors (Lipinski definition) is 1. The van der Waals surface area contributed by atoms with E-state index in [4.69, 9.17) is 4.74 Å². The van der Waals surface area contributed by atoms with Crippen molar-refractivity contribution in [3.05, 3.63) is 24.3 Å². The summed E-state index contributed by atoms with van der Waals surface area (Å²) < 4.78 is 28.7. The highest BCUT2D eigenvalue weighted by atomic mass is 32.2. The molecule has 7 nitrogen and oxygen atoms in total. The van der Waals surface area contributed by atoms with Crippen molar-refractivity contribution in [2.24, 2.45) is 10.9 Å². The molecule has 0 spiro atoms. The predicted molar refractivity (Wildman–Crippen MR) is 114 cm³/mol. The van der Waals surface area contributed by atoms with Crippen LogP contribution in [0.15, 0.2) is 34.2 Å². The number of guanidine groups is 1. The molecule has 1 atom stereocenters. The van der Waals surface area contributed by atoms with Crippen molar-refractivity contribution in [1.29, 1.82) is 0 Å². The zero-order valence-corrected chi connectivity index (χ0v) is 18.3. The van der Waals surface area contributed by atoms with E-state index in [2.05, 4.69) is 34.0 Å². The van der Waals surface area contributed by atoms with Gasteiger partial charge in [0.1, 0.15) is 12.4 Å². The van der Waals surface area contributed by atoms with Crippen LogP contribution in [0.4, 0.5) is 0 Å². The maximum atomic E-state index is 11.5. The molecule has 28 heavy (non-hydrogen) atoms. The maximum absolute atomic E-state index is 11.5.